The van der Waals surface area contributed by atoms with Gasteiger partial charge in [0.2, 0.25) is 5.95 Å². The zero-order valence-electron chi connectivity index (χ0n) is 28.4. The average Bonchev–Trinajstić information content (AvgIpc) is 3.61. The fourth-order valence-corrected chi connectivity index (χ4v) is 10.7. The minimum atomic E-state index is -4.99. The molecule has 11 nitrogen and oxygen atoms in total. The van der Waals surface area contributed by atoms with Crippen LogP contribution in [0.4, 0.5) is 24.8 Å². The van der Waals surface area contributed by atoms with Gasteiger partial charge >= 0.3 is 12.1 Å². The van der Waals surface area contributed by atoms with E-state index in [-0.39, 0.29) is 23.9 Å². The van der Waals surface area contributed by atoms with Gasteiger partial charge in [-0.2, -0.15) is 18.3 Å². The molecule has 7 aliphatic rings. The predicted octanol–water partition coefficient (Wildman–Crippen LogP) is 5.37. The van der Waals surface area contributed by atoms with Crippen molar-refractivity contribution >= 4 is 23.5 Å². The van der Waals surface area contributed by atoms with Crippen molar-refractivity contribution in [3.05, 3.63) is 58.7 Å². The molecule has 0 radical (unpaired) electrons. The van der Waals surface area contributed by atoms with Crippen LogP contribution in [0, 0.1) is 23.7 Å². The van der Waals surface area contributed by atoms with E-state index in [0.717, 1.165) is 43.1 Å². The second-order valence-electron chi connectivity index (χ2n) is 15.8. The molecule has 1 atom stereocenters. The highest BCUT2D eigenvalue weighted by molar-refractivity contribution is 5.99. The predicted molar refractivity (Wildman–Crippen MR) is 177 cm³/mol. The number of aryl methyl sites for hydroxylation is 2. The zero-order chi connectivity index (χ0) is 35.3. The molecule has 14 heteroatoms. The van der Waals surface area contributed by atoms with Gasteiger partial charge < -0.3 is 24.8 Å². The van der Waals surface area contributed by atoms with Gasteiger partial charge in [0, 0.05) is 56.7 Å². The molecular weight excluding hydrogens is 665 g/mol. The van der Waals surface area contributed by atoms with Crippen LogP contribution >= 0.6 is 0 Å². The van der Waals surface area contributed by atoms with Gasteiger partial charge in [-0.05, 0) is 111 Å². The van der Waals surface area contributed by atoms with Gasteiger partial charge in [-0.25, -0.2) is 14.8 Å². The number of fused-ring (bicyclic) bond motifs is 3. The summed E-state index contributed by atoms with van der Waals surface area (Å²) in [5.74, 6) is -1.59. The van der Waals surface area contributed by atoms with E-state index in [1.807, 2.05) is 36.1 Å². The van der Waals surface area contributed by atoms with Crippen molar-refractivity contribution in [1.82, 2.24) is 25.1 Å². The zero-order valence-corrected chi connectivity index (χ0v) is 28.4. The SMILES string of the molecule is Cn1cc2c(n1)CCC(Oc1ccc3c(c1)C1(CCOCC1)CN3c1ncc(C(=O)NC3(C(=O)O)C4CC5CC(C4)CC3C5)c(C(F)(F)F)n1)C2. The van der Waals surface area contributed by atoms with E-state index in [0.29, 0.717) is 81.6 Å². The number of carboxylic acids is 1. The molecule has 2 aliphatic heterocycles. The number of rotatable bonds is 6. The number of nitrogens with one attached hydrogen (secondary N) is 1. The number of carbonyl (C=O) groups excluding carboxylic acids is 1. The van der Waals surface area contributed by atoms with Crippen LogP contribution < -0.4 is 15.0 Å². The largest absolute Gasteiger partial charge is 0.490 e. The Labute approximate surface area is 292 Å². The van der Waals surface area contributed by atoms with Crippen LogP contribution in [0.3, 0.4) is 0 Å². The van der Waals surface area contributed by atoms with Crippen LogP contribution in [0.25, 0.3) is 0 Å². The highest BCUT2D eigenvalue weighted by Crippen LogP contribution is 2.58. The Bertz CT molecular complexity index is 1880. The topological polar surface area (TPSA) is 132 Å². The first-order valence-electron chi connectivity index (χ1n) is 18.1. The monoisotopic (exact) mass is 706 g/mol. The number of ether oxygens (including phenoxy) is 2. The first-order chi connectivity index (χ1) is 24.4. The summed E-state index contributed by atoms with van der Waals surface area (Å²) in [7, 11) is 1.91. The third kappa shape index (κ3) is 5.30. The lowest BCUT2D eigenvalue weighted by Crippen LogP contribution is -2.70. The Morgan fingerprint density at radius 2 is 1.80 bits per heavy atom. The maximum Gasteiger partial charge on any atom is 0.434 e. The van der Waals surface area contributed by atoms with Crippen molar-refractivity contribution < 1.29 is 37.3 Å². The lowest BCUT2D eigenvalue weighted by molar-refractivity contribution is -0.163. The van der Waals surface area contributed by atoms with E-state index in [1.54, 1.807) is 4.90 Å². The van der Waals surface area contributed by atoms with Gasteiger partial charge in [-0.3, -0.25) is 9.48 Å². The molecule has 1 saturated heterocycles. The van der Waals surface area contributed by atoms with Crippen LogP contribution in [0.15, 0.2) is 30.6 Å². The fourth-order valence-electron chi connectivity index (χ4n) is 10.7. The smallest absolute Gasteiger partial charge is 0.434 e. The number of carboxylic acid groups (broad SMARTS) is 1. The Kier molecular flexibility index (Phi) is 7.47. The first-order valence-corrected chi connectivity index (χ1v) is 18.1. The molecule has 4 heterocycles. The second kappa shape index (κ2) is 11.7. The normalized spacial score (nSPS) is 30.3. The molecule has 5 fully saturated rings. The molecule has 1 amide bonds. The van der Waals surface area contributed by atoms with Crippen molar-refractivity contribution in [1.29, 1.82) is 0 Å². The van der Waals surface area contributed by atoms with Gasteiger partial charge in [-0.15, -0.1) is 0 Å². The van der Waals surface area contributed by atoms with Crippen LogP contribution in [0.5, 0.6) is 5.75 Å². The highest BCUT2D eigenvalue weighted by atomic mass is 19.4. The molecule has 3 aromatic rings. The van der Waals surface area contributed by atoms with E-state index in [1.165, 1.54) is 5.56 Å². The standard InChI is InChI=1S/C37H41F3N6O5/c1-45-18-22-15-25(2-4-29(22)44-45)51-26-3-5-30-28(16-26)35(6-8-50-9-7-35)19-46(30)34-41-17-27(31(42-34)37(38,39)40)32(47)43-36(33(48)49)23-11-20-10-21(13-23)14-24(36)12-20/h3,5,16-18,20-21,23-25H,2,4,6-15,19H2,1H3,(H,43,47)(H,48,49). The Morgan fingerprint density at radius 3 is 2.49 bits per heavy atom. The summed E-state index contributed by atoms with van der Waals surface area (Å²) in [6, 6.07) is 5.70. The number of benzene rings is 1. The highest BCUT2D eigenvalue weighted by Gasteiger charge is 2.62. The number of aromatic nitrogens is 4. The second-order valence-corrected chi connectivity index (χ2v) is 15.8. The van der Waals surface area contributed by atoms with E-state index in [2.05, 4.69) is 20.4 Å². The lowest BCUT2D eigenvalue weighted by Gasteiger charge is -2.59. The van der Waals surface area contributed by atoms with Crippen LogP contribution in [-0.2, 0) is 41.0 Å². The molecule has 10 rings (SSSR count). The summed E-state index contributed by atoms with van der Waals surface area (Å²) < 4.78 is 58.3. The maximum atomic E-state index is 14.8. The number of halogens is 3. The first kappa shape index (κ1) is 32.7. The molecule has 51 heavy (non-hydrogen) atoms. The summed E-state index contributed by atoms with van der Waals surface area (Å²) in [5.41, 5.74) is -0.262. The molecule has 1 unspecified atom stereocenters. The van der Waals surface area contributed by atoms with Crippen molar-refractivity contribution in [3.63, 3.8) is 0 Å². The van der Waals surface area contributed by atoms with E-state index in [4.69, 9.17) is 9.47 Å². The molecule has 2 aromatic heterocycles. The van der Waals surface area contributed by atoms with Crippen LogP contribution in [0.1, 0.15) is 84.2 Å². The summed E-state index contributed by atoms with van der Waals surface area (Å²) in [5, 5.41) is 17.7. The number of hydrogen-bond donors (Lipinski definition) is 2. The number of alkyl halides is 3. The average molecular weight is 707 g/mol. The van der Waals surface area contributed by atoms with Gasteiger partial charge in [0.05, 0.1) is 11.3 Å². The number of hydrogen-bond acceptors (Lipinski definition) is 8. The van der Waals surface area contributed by atoms with E-state index in [9.17, 15) is 27.9 Å². The molecule has 270 valence electrons. The van der Waals surface area contributed by atoms with Crippen molar-refractivity contribution in [2.45, 2.75) is 87.4 Å². The Balaban J connectivity index is 1.03. The summed E-state index contributed by atoms with van der Waals surface area (Å²) in [6.07, 6.45) is 5.32. The summed E-state index contributed by atoms with van der Waals surface area (Å²) in [6.45, 7) is 1.36. The molecule has 1 spiro atoms. The van der Waals surface area contributed by atoms with Gasteiger partial charge in [0.15, 0.2) is 5.69 Å². The number of aliphatic carboxylic acids is 1. The maximum absolute atomic E-state index is 14.8. The van der Waals surface area contributed by atoms with Crippen LogP contribution in [-0.4, -0.2) is 68.1 Å². The number of nitrogens with zero attached hydrogens (tertiary/aromatic N) is 5. The van der Waals surface area contributed by atoms with Crippen molar-refractivity contribution in [2.24, 2.45) is 30.7 Å². The Hall–Kier alpha value is -4.20. The molecule has 4 saturated carbocycles. The van der Waals surface area contributed by atoms with Crippen LogP contribution in [0.2, 0.25) is 0 Å². The minimum absolute atomic E-state index is 0.0293. The molecule has 5 aliphatic carbocycles. The Morgan fingerprint density at radius 1 is 1.08 bits per heavy atom. The molecule has 2 N–H and O–H groups in total. The summed E-state index contributed by atoms with van der Waals surface area (Å²) >= 11 is 0. The third-order valence-corrected chi connectivity index (χ3v) is 12.8. The van der Waals surface area contributed by atoms with Gasteiger partial charge in [0.25, 0.3) is 5.91 Å². The van der Waals surface area contributed by atoms with Crippen molar-refractivity contribution in [2.75, 3.05) is 24.7 Å². The van der Waals surface area contributed by atoms with Gasteiger partial charge in [0.1, 0.15) is 17.4 Å². The number of carbonyl (C=O) groups is 2. The molecule has 1 aromatic carbocycles. The van der Waals surface area contributed by atoms with Crippen molar-refractivity contribution in [3.8, 4) is 5.75 Å². The lowest BCUT2D eigenvalue weighted by atomic mass is 9.48. The minimum Gasteiger partial charge on any atom is -0.490 e. The third-order valence-electron chi connectivity index (χ3n) is 12.8. The van der Waals surface area contributed by atoms with E-state index < -0.39 is 40.3 Å². The number of anilines is 2. The van der Waals surface area contributed by atoms with Gasteiger partial charge in [-0.1, -0.05) is 0 Å². The quantitative estimate of drug-likeness (QED) is 0.347. The van der Waals surface area contributed by atoms with E-state index >= 15 is 0 Å². The fraction of sp³-hybridized carbons (Fsp3) is 0.595. The summed E-state index contributed by atoms with van der Waals surface area (Å²) in [4.78, 5) is 36.7. The number of amides is 1. The molecule has 4 bridgehead atoms. The molecular formula is C37H41F3N6O5.